The van der Waals surface area contributed by atoms with Crippen molar-refractivity contribution in [2.24, 2.45) is 0 Å². The van der Waals surface area contributed by atoms with Crippen LogP contribution in [0.2, 0.25) is 0 Å². The highest BCUT2D eigenvalue weighted by Crippen LogP contribution is 2.24. The zero-order valence-corrected chi connectivity index (χ0v) is 12.0. The molecule has 96 valence electrons. The summed E-state index contributed by atoms with van der Waals surface area (Å²) < 4.78 is 1.14. The van der Waals surface area contributed by atoms with Gasteiger partial charge in [0.2, 0.25) is 0 Å². The van der Waals surface area contributed by atoms with Crippen LogP contribution < -0.4 is 5.32 Å². The van der Waals surface area contributed by atoms with Gasteiger partial charge in [-0.25, -0.2) is 0 Å². The number of piperazine rings is 1. The predicted molar refractivity (Wildman–Crippen MR) is 79.0 cm³/mol. The molecule has 2 N–H and O–H groups in total. The summed E-state index contributed by atoms with van der Waals surface area (Å²) in [7, 11) is 0. The normalized spacial score (nSPS) is 17.4. The minimum Gasteiger partial charge on any atom is -0.360 e. The SMILES string of the molecule is Brc1c[nH]c2cc(CCN3CCNCC3)ccc12. The maximum atomic E-state index is 3.55. The lowest BCUT2D eigenvalue weighted by Gasteiger charge is -2.27. The van der Waals surface area contributed by atoms with Crippen LogP contribution in [0, 0.1) is 0 Å². The molecule has 0 bridgehead atoms. The largest absolute Gasteiger partial charge is 0.360 e. The van der Waals surface area contributed by atoms with Gasteiger partial charge < -0.3 is 15.2 Å². The second kappa shape index (κ2) is 5.43. The Morgan fingerprint density at radius 1 is 1.22 bits per heavy atom. The van der Waals surface area contributed by atoms with Crippen LogP contribution in [0.5, 0.6) is 0 Å². The van der Waals surface area contributed by atoms with Crippen molar-refractivity contribution in [3.63, 3.8) is 0 Å². The van der Waals surface area contributed by atoms with Crippen LogP contribution in [-0.2, 0) is 6.42 Å². The highest BCUT2D eigenvalue weighted by Gasteiger charge is 2.09. The maximum absolute atomic E-state index is 3.55. The van der Waals surface area contributed by atoms with Crippen molar-refractivity contribution in [1.29, 1.82) is 0 Å². The Morgan fingerprint density at radius 2 is 2.06 bits per heavy atom. The molecule has 1 aromatic heterocycles. The quantitative estimate of drug-likeness (QED) is 0.912. The van der Waals surface area contributed by atoms with Crippen LogP contribution in [0.4, 0.5) is 0 Å². The van der Waals surface area contributed by atoms with Crippen LogP contribution in [0.1, 0.15) is 5.56 Å². The number of rotatable bonds is 3. The van der Waals surface area contributed by atoms with Crippen LogP contribution in [-0.4, -0.2) is 42.6 Å². The summed E-state index contributed by atoms with van der Waals surface area (Å²) in [5, 5.41) is 4.65. The van der Waals surface area contributed by atoms with Gasteiger partial charge in [0, 0.05) is 54.3 Å². The number of fused-ring (bicyclic) bond motifs is 1. The molecule has 1 aliphatic rings. The molecule has 1 saturated heterocycles. The van der Waals surface area contributed by atoms with Gasteiger partial charge in [0.25, 0.3) is 0 Å². The minimum atomic E-state index is 1.13. The van der Waals surface area contributed by atoms with Crippen LogP contribution in [0.3, 0.4) is 0 Å². The predicted octanol–water partition coefficient (Wildman–Crippen LogP) is 2.38. The third kappa shape index (κ3) is 2.60. The van der Waals surface area contributed by atoms with E-state index in [4.69, 9.17) is 0 Å². The van der Waals surface area contributed by atoms with Gasteiger partial charge in [0.15, 0.2) is 0 Å². The first-order valence-corrected chi connectivity index (χ1v) is 7.31. The Morgan fingerprint density at radius 3 is 2.89 bits per heavy atom. The number of nitrogens with one attached hydrogen (secondary N) is 2. The molecule has 1 aliphatic heterocycles. The fourth-order valence-corrected chi connectivity index (χ4v) is 2.98. The number of hydrogen-bond acceptors (Lipinski definition) is 2. The Labute approximate surface area is 116 Å². The third-order valence-corrected chi connectivity index (χ3v) is 4.28. The number of halogens is 1. The minimum absolute atomic E-state index is 1.13. The Hall–Kier alpha value is -0.840. The number of hydrogen-bond donors (Lipinski definition) is 2. The first-order chi connectivity index (χ1) is 8.83. The highest BCUT2D eigenvalue weighted by molar-refractivity contribution is 9.10. The molecule has 18 heavy (non-hydrogen) atoms. The second-order valence-corrected chi connectivity index (χ2v) is 5.71. The Bertz CT molecular complexity index is 529. The average Bonchev–Trinajstić information content (AvgIpc) is 2.79. The van der Waals surface area contributed by atoms with E-state index in [1.165, 1.54) is 29.6 Å². The zero-order chi connectivity index (χ0) is 12.4. The molecule has 0 amide bonds. The van der Waals surface area contributed by atoms with E-state index in [0.29, 0.717) is 0 Å². The van der Waals surface area contributed by atoms with Gasteiger partial charge in [0.1, 0.15) is 0 Å². The molecule has 1 fully saturated rings. The van der Waals surface area contributed by atoms with Gasteiger partial charge in [-0.05, 0) is 34.0 Å². The average molecular weight is 308 g/mol. The Kier molecular flexibility index (Phi) is 3.68. The third-order valence-electron chi connectivity index (χ3n) is 3.62. The zero-order valence-electron chi connectivity index (χ0n) is 10.4. The van der Waals surface area contributed by atoms with Crippen molar-refractivity contribution < 1.29 is 0 Å². The number of nitrogens with zero attached hydrogens (tertiary/aromatic N) is 1. The lowest BCUT2D eigenvalue weighted by molar-refractivity contribution is 0.244. The molecule has 0 saturated carbocycles. The van der Waals surface area contributed by atoms with Crippen molar-refractivity contribution in [3.05, 3.63) is 34.4 Å². The van der Waals surface area contributed by atoms with Crippen LogP contribution >= 0.6 is 15.9 Å². The molecular formula is C14H18BrN3. The molecule has 2 aromatic rings. The fourth-order valence-electron chi connectivity index (χ4n) is 2.52. The van der Waals surface area contributed by atoms with Gasteiger partial charge in [0.05, 0.1) is 0 Å². The monoisotopic (exact) mass is 307 g/mol. The lowest BCUT2D eigenvalue weighted by Crippen LogP contribution is -2.44. The van der Waals surface area contributed by atoms with Gasteiger partial charge in [-0.15, -0.1) is 0 Å². The molecule has 0 radical (unpaired) electrons. The molecule has 0 aliphatic carbocycles. The molecule has 1 aromatic carbocycles. The lowest BCUT2D eigenvalue weighted by atomic mass is 10.1. The summed E-state index contributed by atoms with van der Waals surface area (Å²) in [6.07, 6.45) is 3.14. The summed E-state index contributed by atoms with van der Waals surface area (Å²) in [5.74, 6) is 0. The molecule has 3 rings (SSSR count). The van der Waals surface area contributed by atoms with E-state index in [2.05, 4.69) is 49.3 Å². The second-order valence-electron chi connectivity index (χ2n) is 4.86. The maximum Gasteiger partial charge on any atom is 0.0468 e. The molecular weight excluding hydrogens is 290 g/mol. The van der Waals surface area contributed by atoms with Crippen molar-refractivity contribution in [2.45, 2.75) is 6.42 Å². The Balaban J connectivity index is 1.66. The van der Waals surface area contributed by atoms with E-state index >= 15 is 0 Å². The molecule has 2 heterocycles. The van der Waals surface area contributed by atoms with Crippen molar-refractivity contribution in [2.75, 3.05) is 32.7 Å². The van der Waals surface area contributed by atoms with Gasteiger partial charge in [-0.1, -0.05) is 12.1 Å². The first-order valence-electron chi connectivity index (χ1n) is 6.51. The van der Waals surface area contributed by atoms with E-state index in [1.807, 2.05) is 6.20 Å². The topological polar surface area (TPSA) is 31.1 Å². The molecule has 0 spiro atoms. The molecule has 3 nitrogen and oxygen atoms in total. The van der Waals surface area contributed by atoms with E-state index in [1.54, 1.807) is 0 Å². The number of H-pyrrole nitrogens is 1. The smallest absolute Gasteiger partial charge is 0.0468 e. The molecule has 0 atom stereocenters. The van der Waals surface area contributed by atoms with Gasteiger partial charge >= 0.3 is 0 Å². The fraction of sp³-hybridized carbons (Fsp3) is 0.429. The van der Waals surface area contributed by atoms with Crippen molar-refractivity contribution in [3.8, 4) is 0 Å². The summed E-state index contributed by atoms with van der Waals surface area (Å²) in [5.41, 5.74) is 2.63. The van der Waals surface area contributed by atoms with Crippen molar-refractivity contribution in [1.82, 2.24) is 15.2 Å². The van der Waals surface area contributed by atoms with E-state index in [9.17, 15) is 0 Å². The van der Waals surface area contributed by atoms with E-state index < -0.39 is 0 Å². The van der Waals surface area contributed by atoms with Crippen molar-refractivity contribution >= 4 is 26.8 Å². The van der Waals surface area contributed by atoms with Gasteiger partial charge in [-0.2, -0.15) is 0 Å². The standard InChI is InChI=1S/C14H18BrN3/c15-13-10-17-14-9-11(1-2-12(13)14)3-6-18-7-4-16-5-8-18/h1-2,9-10,16-17H,3-8H2. The first kappa shape index (κ1) is 12.2. The summed E-state index contributed by atoms with van der Waals surface area (Å²) in [6, 6.07) is 6.70. The highest BCUT2D eigenvalue weighted by atomic mass is 79.9. The summed E-state index contributed by atoms with van der Waals surface area (Å²) >= 11 is 3.55. The number of aromatic amines is 1. The number of benzene rings is 1. The van der Waals surface area contributed by atoms with E-state index in [-0.39, 0.29) is 0 Å². The van der Waals surface area contributed by atoms with Gasteiger partial charge in [-0.3, -0.25) is 0 Å². The summed E-state index contributed by atoms with van der Waals surface area (Å²) in [6.45, 7) is 5.77. The van der Waals surface area contributed by atoms with E-state index in [0.717, 1.165) is 30.5 Å². The molecule has 0 unspecified atom stereocenters. The number of aromatic nitrogens is 1. The van der Waals surface area contributed by atoms with Crippen LogP contribution in [0.15, 0.2) is 28.9 Å². The molecule has 4 heteroatoms. The summed E-state index contributed by atoms with van der Waals surface area (Å²) in [4.78, 5) is 5.83. The van der Waals surface area contributed by atoms with Crippen LogP contribution in [0.25, 0.3) is 10.9 Å².